The molecule has 0 radical (unpaired) electrons. The summed E-state index contributed by atoms with van der Waals surface area (Å²) in [5.41, 5.74) is 0.660. The number of oxazole rings is 1. The van der Waals surface area contributed by atoms with Gasteiger partial charge < -0.3 is 14.4 Å². The Kier molecular flexibility index (Phi) is 4.59. The Labute approximate surface area is 133 Å². The summed E-state index contributed by atoms with van der Waals surface area (Å²) in [5.74, 6) is 0.798. The summed E-state index contributed by atoms with van der Waals surface area (Å²) in [7, 11) is 0. The van der Waals surface area contributed by atoms with E-state index in [-0.39, 0.29) is 24.3 Å². The standard InChI is InChI=1S/C16H20N2O3S/c1-11(19)12-4-2-6-18(9-12)15(20)8-13-10-21-16(17-13)14-5-3-7-22-14/h3,5,7,10-12,19H,2,4,6,8-9H2,1H3. The molecule has 0 aromatic carbocycles. The van der Waals surface area contributed by atoms with Crippen LogP contribution in [-0.4, -0.2) is 40.1 Å². The molecule has 0 spiro atoms. The number of hydrogen-bond donors (Lipinski definition) is 1. The summed E-state index contributed by atoms with van der Waals surface area (Å²) < 4.78 is 5.45. The maximum Gasteiger partial charge on any atom is 0.236 e. The molecule has 2 aromatic heterocycles. The molecular weight excluding hydrogens is 300 g/mol. The fraction of sp³-hybridized carbons (Fsp3) is 0.500. The first-order valence-electron chi connectivity index (χ1n) is 7.57. The average molecular weight is 320 g/mol. The molecule has 1 saturated heterocycles. The molecule has 1 N–H and O–H groups in total. The molecule has 0 saturated carbocycles. The van der Waals surface area contributed by atoms with E-state index in [1.807, 2.05) is 22.4 Å². The predicted molar refractivity (Wildman–Crippen MR) is 84.5 cm³/mol. The SMILES string of the molecule is CC(O)C1CCCN(C(=O)Cc2coc(-c3cccs3)n2)C1. The van der Waals surface area contributed by atoms with E-state index in [9.17, 15) is 9.90 Å². The fourth-order valence-electron chi connectivity index (χ4n) is 2.80. The molecule has 1 aliphatic rings. The van der Waals surface area contributed by atoms with Gasteiger partial charge in [0.15, 0.2) is 0 Å². The van der Waals surface area contributed by atoms with E-state index in [1.54, 1.807) is 24.5 Å². The molecular formula is C16H20N2O3S. The van der Waals surface area contributed by atoms with Gasteiger partial charge in [-0.3, -0.25) is 4.79 Å². The van der Waals surface area contributed by atoms with Crippen molar-refractivity contribution in [2.75, 3.05) is 13.1 Å². The number of hydrogen-bond acceptors (Lipinski definition) is 5. The number of thiophene rings is 1. The van der Waals surface area contributed by atoms with Gasteiger partial charge in [0.1, 0.15) is 6.26 Å². The maximum absolute atomic E-state index is 12.4. The van der Waals surface area contributed by atoms with Crippen LogP contribution in [0.25, 0.3) is 10.8 Å². The van der Waals surface area contributed by atoms with Crippen LogP contribution < -0.4 is 0 Å². The summed E-state index contributed by atoms with van der Waals surface area (Å²) >= 11 is 1.56. The first-order chi connectivity index (χ1) is 10.6. The molecule has 0 bridgehead atoms. The molecule has 1 aliphatic heterocycles. The monoisotopic (exact) mass is 320 g/mol. The van der Waals surface area contributed by atoms with Crippen molar-refractivity contribution in [3.63, 3.8) is 0 Å². The number of likely N-dealkylation sites (tertiary alicyclic amines) is 1. The Morgan fingerprint density at radius 3 is 3.23 bits per heavy atom. The second kappa shape index (κ2) is 6.62. The zero-order valence-corrected chi connectivity index (χ0v) is 13.4. The van der Waals surface area contributed by atoms with Gasteiger partial charge in [0.05, 0.1) is 23.1 Å². The minimum Gasteiger partial charge on any atom is -0.444 e. The molecule has 2 atom stereocenters. The zero-order valence-electron chi connectivity index (χ0n) is 12.6. The Hall–Kier alpha value is -1.66. The van der Waals surface area contributed by atoms with Crippen molar-refractivity contribution in [2.24, 2.45) is 5.92 Å². The third-order valence-electron chi connectivity index (χ3n) is 4.11. The minimum absolute atomic E-state index is 0.0522. The van der Waals surface area contributed by atoms with E-state index in [0.29, 0.717) is 18.1 Å². The molecule has 6 heteroatoms. The van der Waals surface area contributed by atoms with Crippen molar-refractivity contribution in [3.8, 4) is 10.8 Å². The first kappa shape index (κ1) is 15.2. The van der Waals surface area contributed by atoms with Crippen molar-refractivity contribution in [1.29, 1.82) is 0 Å². The average Bonchev–Trinajstić information content (AvgIpc) is 3.18. The zero-order chi connectivity index (χ0) is 15.5. The number of nitrogens with zero attached hydrogens (tertiary/aromatic N) is 2. The van der Waals surface area contributed by atoms with Crippen molar-refractivity contribution >= 4 is 17.2 Å². The number of carbonyl (C=O) groups excluding carboxylic acids is 1. The summed E-state index contributed by atoms with van der Waals surface area (Å²) in [6.45, 7) is 3.19. The van der Waals surface area contributed by atoms with E-state index in [2.05, 4.69) is 4.98 Å². The second-order valence-corrected chi connectivity index (χ2v) is 6.73. The lowest BCUT2D eigenvalue weighted by molar-refractivity contribution is -0.133. The summed E-state index contributed by atoms with van der Waals surface area (Å²) in [6, 6.07) is 3.89. The van der Waals surface area contributed by atoms with Crippen LogP contribution in [-0.2, 0) is 11.2 Å². The van der Waals surface area contributed by atoms with Gasteiger partial charge in [-0.15, -0.1) is 11.3 Å². The molecule has 0 aliphatic carbocycles. The van der Waals surface area contributed by atoms with E-state index < -0.39 is 0 Å². The van der Waals surface area contributed by atoms with Crippen LogP contribution in [0.2, 0.25) is 0 Å². The third-order valence-corrected chi connectivity index (χ3v) is 4.97. The van der Waals surface area contributed by atoms with Crippen molar-refractivity contribution < 1.29 is 14.3 Å². The largest absolute Gasteiger partial charge is 0.444 e. The van der Waals surface area contributed by atoms with Crippen molar-refractivity contribution in [2.45, 2.75) is 32.3 Å². The van der Waals surface area contributed by atoms with Crippen LogP contribution in [0.15, 0.2) is 28.2 Å². The number of aromatic nitrogens is 1. The van der Waals surface area contributed by atoms with Gasteiger partial charge in [0.25, 0.3) is 0 Å². The van der Waals surface area contributed by atoms with E-state index in [1.165, 1.54) is 0 Å². The molecule has 118 valence electrons. The maximum atomic E-state index is 12.4. The highest BCUT2D eigenvalue weighted by Gasteiger charge is 2.26. The topological polar surface area (TPSA) is 66.6 Å². The molecule has 22 heavy (non-hydrogen) atoms. The number of aliphatic hydroxyl groups excluding tert-OH is 1. The van der Waals surface area contributed by atoms with Crippen LogP contribution in [0, 0.1) is 5.92 Å². The Bertz CT molecular complexity index is 621. The van der Waals surface area contributed by atoms with Crippen molar-refractivity contribution in [3.05, 3.63) is 29.5 Å². The summed E-state index contributed by atoms with van der Waals surface area (Å²) in [4.78, 5) is 19.6. The Morgan fingerprint density at radius 2 is 2.50 bits per heavy atom. The van der Waals surface area contributed by atoms with Crippen molar-refractivity contribution in [1.82, 2.24) is 9.88 Å². The van der Waals surface area contributed by atoms with Gasteiger partial charge in [-0.05, 0) is 31.2 Å². The molecule has 2 aromatic rings. The number of piperidine rings is 1. The van der Waals surface area contributed by atoms with Crippen LogP contribution in [0.5, 0.6) is 0 Å². The number of rotatable bonds is 4. The Balaban J connectivity index is 1.62. The van der Waals surface area contributed by atoms with Gasteiger partial charge in [0, 0.05) is 19.0 Å². The van der Waals surface area contributed by atoms with Gasteiger partial charge >= 0.3 is 0 Å². The van der Waals surface area contributed by atoms with Gasteiger partial charge in [0.2, 0.25) is 11.8 Å². The molecule has 3 rings (SSSR count). The van der Waals surface area contributed by atoms with Crippen LogP contribution >= 0.6 is 11.3 Å². The smallest absolute Gasteiger partial charge is 0.236 e. The highest BCUT2D eigenvalue weighted by molar-refractivity contribution is 7.13. The predicted octanol–water partition coefficient (Wildman–Crippen LogP) is 2.57. The van der Waals surface area contributed by atoms with Crippen LogP contribution in [0.1, 0.15) is 25.5 Å². The van der Waals surface area contributed by atoms with Gasteiger partial charge in [-0.25, -0.2) is 4.98 Å². The lowest BCUT2D eigenvalue weighted by Crippen LogP contribution is -2.43. The first-order valence-corrected chi connectivity index (χ1v) is 8.45. The number of aliphatic hydroxyl groups is 1. The van der Waals surface area contributed by atoms with Gasteiger partial charge in [-0.2, -0.15) is 0 Å². The number of amides is 1. The molecule has 1 fully saturated rings. The van der Waals surface area contributed by atoms with Gasteiger partial charge in [-0.1, -0.05) is 6.07 Å². The molecule has 1 amide bonds. The lowest BCUT2D eigenvalue weighted by atomic mass is 9.93. The third kappa shape index (κ3) is 3.39. The molecule has 2 unspecified atom stereocenters. The highest BCUT2D eigenvalue weighted by Crippen LogP contribution is 2.24. The van der Waals surface area contributed by atoms with E-state index >= 15 is 0 Å². The normalized spacial score (nSPS) is 20.1. The summed E-state index contributed by atoms with van der Waals surface area (Å²) in [6.07, 6.45) is 3.37. The molecule has 3 heterocycles. The highest BCUT2D eigenvalue weighted by atomic mass is 32.1. The van der Waals surface area contributed by atoms with Crippen LogP contribution in [0.3, 0.4) is 0 Å². The quantitative estimate of drug-likeness (QED) is 0.940. The second-order valence-electron chi connectivity index (χ2n) is 5.78. The lowest BCUT2D eigenvalue weighted by Gasteiger charge is -2.34. The van der Waals surface area contributed by atoms with E-state index in [4.69, 9.17) is 4.42 Å². The minimum atomic E-state index is -0.368. The fourth-order valence-corrected chi connectivity index (χ4v) is 3.45. The summed E-state index contributed by atoms with van der Waals surface area (Å²) in [5, 5.41) is 11.7. The Morgan fingerprint density at radius 1 is 1.64 bits per heavy atom. The number of carbonyl (C=O) groups is 1. The molecule has 5 nitrogen and oxygen atoms in total. The van der Waals surface area contributed by atoms with E-state index in [0.717, 1.165) is 24.3 Å². The van der Waals surface area contributed by atoms with Crippen LogP contribution in [0.4, 0.5) is 0 Å².